The van der Waals surface area contributed by atoms with Gasteiger partial charge in [0.15, 0.2) is 0 Å². The van der Waals surface area contributed by atoms with Gasteiger partial charge in [-0.2, -0.15) is 18.4 Å². The molecule has 0 saturated heterocycles. The fraction of sp³-hybridized carbons (Fsp3) is 0.100. The number of benzene rings is 1. The Morgan fingerprint density at radius 1 is 1.31 bits per heavy atom. The monoisotopic (exact) mass is 288 g/mol. The van der Waals surface area contributed by atoms with E-state index in [1.54, 1.807) is 6.07 Å². The van der Waals surface area contributed by atoms with Crippen molar-refractivity contribution in [2.75, 3.05) is 0 Å². The van der Waals surface area contributed by atoms with Crippen LogP contribution in [0.4, 0.5) is 13.2 Å². The van der Waals surface area contributed by atoms with Crippen molar-refractivity contribution in [2.24, 2.45) is 0 Å². The summed E-state index contributed by atoms with van der Waals surface area (Å²) in [5, 5.41) is 9.25. The predicted molar refractivity (Wildman–Crippen MR) is 55.7 cm³/mol. The zero-order valence-electron chi connectivity index (χ0n) is 7.69. The van der Waals surface area contributed by atoms with E-state index in [-0.39, 0.29) is 5.56 Å². The summed E-state index contributed by atoms with van der Waals surface area (Å²) >= 11 is 3.18. The molecular weight excluding hydrogens is 285 g/mol. The highest BCUT2D eigenvalue weighted by molar-refractivity contribution is 9.10. The summed E-state index contributed by atoms with van der Waals surface area (Å²) in [5.74, 6) is 0. The van der Waals surface area contributed by atoms with Crippen LogP contribution in [0.2, 0.25) is 0 Å². The molecule has 0 saturated carbocycles. The summed E-state index contributed by atoms with van der Waals surface area (Å²) in [7, 11) is 0. The lowest BCUT2D eigenvalue weighted by atomic mass is 10.1. The van der Waals surface area contributed by atoms with Crippen molar-refractivity contribution in [3.63, 3.8) is 0 Å². The summed E-state index contributed by atoms with van der Waals surface area (Å²) in [6, 6.07) is 3.72. The second-order valence-corrected chi connectivity index (χ2v) is 4.04. The lowest BCUT2D eigenvalue weighted by molar-refractivity contribution is -0.137. The van der Waals surface area contributed by atoms with Crippen molar-refractivity contribution in [3.05, 3.63) is 33.9 Å². The van der Waals surface area contributed by atoms with Crippen LogP contribution >= 0.6 is 15.9 Å². The summed E-state index contributed by atoms with van der Waals surface area (Å²) in [6.45, 7) is 0. The first-order valence-corrected chi connectivity index (χ1v) is 5.00. The Bertz CT molecular complexity index is 592. The first-order chi connectivity index (χ1) is 7.43. The molecule has 2 rings (SSSR count). The van der Waals surface area contributed by atoms with Crippen LogP contribution < -0.4 is 0 Å². The van der Waals surface area contributed by atoms with Crippen LogP contribution in [0.1, 0.15) is 11.1 Å². The maximum absolute atomic E-state index is 12.6. The number of alkyl halides is 3. The van der Waals surface area contributed by atoms with E-state index in [1.165, 1.54) is 12.3 Å². The Balaban J connectivity index is 2.81. The van der Waals surface area contributed by atoms with E-state index >= 15 is 0 Å². The van der Waals surface area contributed by atoms with E-state index < -0.39 is 11.7 Å². The number of aromatic amines is 1. The summed E-state index contributed by atoms with van der Waals surface area (Å²) in [6.07, 6.45) is -2.98. The van der Waals surface area contributed by atoms with Gasteiger partial charge in [0.2, 0.25) is 0 Å². The Labute approximate surface area is 96.8 Å². The van der Waals surface area contributed by atoms with Crippen molar-refractivity contribution in [1.29, 1.82) is 5.26 Å². The van der Waals surface area contributed by atoms with Crippen LogP contribution in [0, 0.1) is 11.3 Å². The summed E-state index contributed by atoms with van der Waals surface area (Å²) < 4.78 is 38.4. The Kier molecular flexibility index (Phi) is 2.43. The molecule has 0 radical (unpaired) electrons. The molecule has 0 spiro atoms. The molecule has 0 unspecified atom stereocenters. The van der Waals surface area contributed by atoms with Gasteiger partial charge in [0, 0.05) is 21.6 Å². The number of H-pyrrole nitrogens is 1. The molecule has 2 aromatic rings. The van der Waals surface area contributed by atoms with Gasteiger partial charge in [0.25, 0.3) is 0 Å². The van der Waals surface area contributed by atoms with Gasteiger partial charge in [-0.25, -0.2) is 0 Å². The average molecular weight is 289 g/mol. The van der Waals surface area contributed by atoms with E-state index in [1.807, 2.05) is 0 Å². The van der Waals surface area contributed by atoms with E-state index in [2.05, 4.69) is 20.9 Å². The molecule has 1 aromatic heterocycles. The third-order valence-electron chi connectivity index (χ3n) is 2.20. The van der Waals surface area contributed by atoms with Crippen LogP contribution in [-0.2, 0) is 6.18 Å². The molecule has 82 valence electrons. The second-order valence-electron chi connectivity index (χ2n) is 3.19. The third-order valence-corrected chi connectivity index (χ3v) is 2.85. The van der Waals surface area contributed by atoms with Crippen molar-refractivity contribution in [2.45, 2.75) is 6.18 Å². The first-order valence-electron chi connectivity index (χ1n) is 4.21. The molecule has 0 fully saturated rings. The van der Waals surface area contributed by atoms with Crippen molar-refractivity contribution >= 4 is 26.8 Å². The molecule has 6 heteroatoms. The topological polar surface area (TPSA) is 39.6 Å². The predicted octanol–water partition coefficient (Wildman–Crippen LogP) is 3.82. The van der Waals surface area contributed by atoms with Crippen LogP contribution in [-0.4, -0.2) is 4.98 Å². The minimum atomic E-state index is -4.52. The number of rotatable bonds is 0. The normalized spacial score (nSPS) is 11.7. The number of aromatic nitrogens is 1. The van der Waals surface area contributed by atoms with Crippen LogP contribution in [0.15, 0.2) is 22.8 Å². The second kappa shape index (κ2) is 3.52. The minimum absolute atomic E-state index is 0.346. The Hall–Kier alpha value is -1.48. The van der Waals surface area contributed by atoms with Gasteiger partial charge in [0.1, 0.15) is 0 Å². The number of fused-ring (bicyclic) bond motifs is 1. The van der Waals surface area contributed by atoms with E-state index in [0.29, 0.717) is 15.4 Å². The molecule has 2 nitrogen and oxygen atoms in total. The molecule has 1 heterocycles. The SMILES string of the molecule is N#Cc1cc2c(Br)c[nH]c2cc1C(F)(F)F. The third kappa shape index (κ3) is 1.67. The molecular formula is C10H4BrF3N2. The fourth-order valence-corrected chi connectivity index (χ4v) is 1.91. The summed E-state index contributed by atoms with van der Waals surface area (Å²) in [5.41, 5.74) is -0.949. The highest BCUT2D eigenvalue weighted by atomic mass is 79.9. The molecule has 0 atom stereocenters. The number of halogens is 4. The maximum Gasteiger partial charge on any atom is 0.417 e. The maximum atomic E-state index is 12.6. The van der Waals surface area contributed by atoms with E-state index in [4.69, 9.17) is 5.26 Å². The van der Waals surface area contributed by atoms with Crippen molar-refractivity contribution in [3.8, 4) is 6.07 Å². The van der Waals surface area contributed by atoms with Gasteiger partial charge in [-0.15, -0.1) is 0 Å². The first kappa shape index (κ1) is 11.0. The zero-order chi connectivity index (χ0) is 11.9. The van der Waals surface area contributed by atoms with Gasteiger partial charge in [-0.05, 0) is 28.1 Å². The summed E-state index contributed by atoms with van der Waals surface area (Å²) in [4.78, 5) is 2.70. The number of nitrogens with one attached hydrogen (secondary N) is 1. The number of hydrogen-bond acceptors (Lipinski definition) is 1. The fourth-order valence-electron chi connectivity index (χ4n) is 1.46. The molecule has 1 aromatic carbocycles. The zero-order valence-corrected chi connectivity index (χ0v) is 9.28. The average Bonchev–Trinajstić information content (AvgIpc) is 2.57. The number of hydrogen-bond donors (Lipinski definition) is 1. The van der Waals surface area contributed by atoms with Gasteiger partial charge >= 0.3 is 6.18 Å². The number of nitrogens with zero attached hydrogens (tertiary/aromatic N) is 1. The van der Waals surface area contributed by atoms with Gasteiger partial charge < -0.3 is 4.98 Å². The molecule has 0 bridgehead atoms. The van der Waals surface area contributed by atoms with E-state index in [0.717, 1.165) is 6.07 Å². The highest BCUT2D eigenvalue weighted by Gasteiger charge is 2.34. The van der Waals surface area contributed by atoms with Crippen LogP contribution in [0.5, 0.6) is 0 Å². The van der Waals surface area contributed by atoms with E-state index in [9.17, 15) is 13.2 Å². The molecule has 16 heavy (non-hydrogen) atoms. The lowest BCUT2D eigenvalue weighted by Gasteiger charge is -2.08. The highest BCUT2D eigenvalue weighted by Crippen LogP contribution is 2.35. The minimum Gasteiger partial charge on any atom is -0.360 e. The standard InChI is InChI=1S/C10H4BrF3N2/c11-8-4-16-9-2-7(10(12,13)14)5(3-15)1-6(8)9/h1-2,4,16H. The van der Waals surface area contributed by atoms with Crippen molar-refractivity contribution in [1.82, 2.24) is 4.98 Å². The Morgan fingerprint density at radius 2 is 2.00 bits per heavy atom. The quantitative estimate of drug-likeness (QED) is 0.786. The van der Waals surface area contributed by atoms with Crippen LogP contribution in [0.3, 0.4) is 0 Å². The lowest BCUT2D eigenvalue weighted by Crippen LogP contribution is -2.07. The van der Waals surface area contributed by atoms with Crippen molar-refractivity contribution < 1.29 is 13.2 Å². The molecule has 0 aliphatic rings. The van der Waals surface area contributed by atoms with Gasteiger partial charge in [-0.1, -0.05) is 0 Å². The molecule has 1 N–H and O–H groups in total. The van der Waals surface area contributed by atoms with Crippen LogP contribution in [0.25, 0.3) is 10.9 Å². The Morgan fingerprint density at radius 3 is 2.56 bits per heavy atom. The number of nitriles is 1. The molecule has 0 amide bonds. The molecule has 0 aliphatic carbocycles. The smallest absolute Gasteiger partial charge is 0.360 e. The van der Waals surface area contributed by atoms with Gasteiger partial charge in [0.05, 0.1) is 17.2 Å². The molecule has 0 aliphatic heterocycles. The largest absolute Gasteiger partial charge is 0.417 e. The van der Waals surface area contributed by atoms with Gasteiger partial charge in [-0.3, -0.25) is 0 Å².